The van der Waals surface area contributed by atoms with Crippen molar-refractivity contribution in [2.24, 2.45) is 0 Å². The van der Waals surface area contributed by atoms with Crippen molar-refractivity contribution in [3.63, 3.8) is 0 Å². The average molecular weight is 514 g/mol. The number of aromatic amines is 2. The maximum atomic E-state index is 13.6. The van der Waals surface area contributed by atoms with Crippen LogP contribution in [-0.2, 0) is 4.79 Å². The number of hydrogen-bond acceptors (Lipinski definition) is 8. The van der Waals surface area contributed by atoms with E-state index in [4.69, 9.17) is 4.98 Å². The molecule has 0 radical (unpaired) electrons. The van der Waals surface area contributed by atoms with E-state index in [1.165, 1.54) is 6.07 Å². The molecule has 0 fully saturated rings. The topological polar surface area (TPSA) is 128 Å². The van der Waals surface area contributed by atoms with Gasteiger partial charge in [0, 0.05) is 29.7 Å². The normalized spacial score (nSPS) is 11.6. The number of hydrogen-bond donors (Lipinski definition) is 3. The van der Waals surface area contributed by atoms with Gasteiger partial charge in [0.1, 0.15) is 16.9 Å². The van der Waals surface area contributed by atoms with Crippen molar-refractivity contribution in [3.8, 4) is 33.2 Å². The number of halogens is 1. The number of thiophene rings is 1. The Labute approximate surface area is 213 Å². The van der Waals surface area contributed by atoms with Crippen LogP contribution in [0.15, 0.2) is 55.1 Å². The van der Waals surface area contributed by atoms with Crippen molar-refractivity contribution >= 4 is 45.0 Å². The number of nitrogens with zero attached hydrogens (tertiary/aromatic N) is 6. The number of aromatic nitrogens is 7. The summed E-state index contributed by atoms with van der Waals surface area (Å²) in [6.45, 7) is 0.270. The Kier molecular flexibility index (Phi) is 5.66. The van der Waals surface area contributed by atoms with Crippen LogP contribution < -0.4 is 5.32 Å². The van der Waals surface area contributed by atoms with Crippen LogP contribution in [0.25, 0.3) is 55.3 Å². The minimum atomic E-state index is -0.280. The molecule has 6 aromatic heterocycles. The van der Waals surface area contributed by atoms with Gasteiger partial charge in [0.25, 0.3) is 0 Å². The number of likely N-dealkylation sites (N-methyl/N-ethyl adjacent to an activating group) is 1. The van der Waals surface area contributed by atoms with Gasteiger partial charge in [-0.2, -0.15) is 9.49 Å². The van der Waals surface area contributed by atoms with Crippen LogP contribution >= 0.6 is 11.3 Å². The number of carbonyl (C=O) groups excluding carboxylic acids is 1. The van der Waals surface area contributed by atoms with Crippen LogP contribution in [-0.4, -0.2) is 66.6 Å². The lowest BCUT2D eigenvalue weighted by Gasteiger charge is -2.10. The van der Waals surface area contributed by atoms with Gasteiger partial charge in [-0.25, -0.2) is 9.97 Å². The standard InChI is InChI=1S/C25H20FN9OS/c1-35(2)12-20(36)30-15-7-13(9-27-11-15)14-8-16-21(33-34-24(16)29-10-14)25-31-17-5-6-28-23(22(17)32-25)18-3-4-19(26)37-18/h3-11H,12H2,1-2H3,(H,30,36)(H,31,32)(H,29,33,34). The minimum absolute atomic E-state index is 0.126. The van der Waals surface area contributed by atoms with Crippen molar-refractivity contribution in [2.75, 3.05) is 26.0 Å². The number of rotatable bonds is 6. The quantitative estimate of drug-likeness (QED) is 0.302. The fourth-order valence-electron chi connectivity index (χ4n) is 4.07. The molecule has 0 aromatic carbocycles. The summed E-state index contributed by atoms with van der Waals surface area (Å²) >= 11 is 1.02. The molecule has 0 aliphatic rings. The van der Waals surface area contributed by atoms with E-state index in [-0.39, 0.29) is 17.6 Å². The van der Waals surface area contributed by atoms with Crippen LogP contribution in [0.3, 0.4) is 0 Å². The Morgan fingerprint density at radius 3 is 2.76 bits per heavy atom. The number of anilines is 1. The second-order valence-electron chi connectivity index (χ2n) is 8.69. The molecule has 37 heavy (non-hydrogen) atoms. The molecule has 0 aliphatic carbocycles. The number of pyridine rings is 3. The van der Waals surface area contributed by atoms with Crippen molar-refractivity contribution < 1.29 is 9.18 Å². The summed E-state index contributed by atoms with van der Waals surface area (Å²) in [4.78, 5) is 35.9. The molecule has 6 aromatic rings. The lowest BCUT2D eigenvalue weighted by molar-refractivity contribution is -0.116. The Balaban J connectivity index is 1.38. The molecule has 10 nitrogen and oxygen atoms in total. The van der Waals surface area contributed by atoms with E-state index in [9.17, 15) is 9.18 Å². The summed E-state index contributed by atoms with van der Waals surface area (Å²) in [5.41, 5.74) is 5.38. The first kappa shape index (κ1) is 22.9. The van der Waals surface area contributed by atoms with E-state index in [0.29, 0.717) is 38.9 Å². The molecular weight excluding hydrogens is 493 g/mol. The molecule has 6 heterocycles. The SMILES string of the molecule is CN(C)CC(=O)Nc1cncc(-c2cnc3[nH]nc(-c4nc5c(-c6ccc(F)s6)nccc5[nH]4)c3c2)c1. The van der Waals surface area contributed by atoms with E-state index in [1.54, 1.807) is 35.8 Å². The number of carbonyl (C=O) groups is 1. The van der Waals surface area contributed by atoms with Crippen molar-refractivity contribution in [1.82, 2.24) is 40.0 Å². The summed E-state index contributed by atoms with van der Waals surface area (Å²) in [7, 11) is 3.66. The monoisotopic (exact) mass is 513 g/mol. The van der Waals surface area contributed by atoms with Gasteiger partial charge in [-0.3, -0.25) is 19.9 Å². The smallest absolute Gasteiger partial charge is 0.238 e. The summed E-state index contributed by atoms with van der Waals surface area (Å²) in [5, 5.41) is 10.7. The third-order valence-corrected chi connectivity index (χ3v) is 6.54. The van der Waals surface area contributed by atoms with Gasteiger partial charge in [-0.1, -0.05) is 0 Å². The van der Waals surface area contributed by atoms with E-state index in [0.717, 1.165) is 33.4 Å². The van der Waals surface area contributed by atoms with Crippen LogP contribution in [0.1, 0.15) is 0 Å². The average Bonchev–Trinajstić information content (AvgIpc) is 3.60. The lowest BCUT2D eigenvalue weighted by Crippen LogP contribution is -2.27. The Morgan fingerprint density at radius 1 is 1.08 bits per heavy atom. The molecule has 0 spiro atoms. The van der Waals surface area contributed by atoms with E-state index in [2.05, 4.69) is 35.5 Å². The van der Waals surface area contributed by atoms with E-state index in [1.807, 2.05) is 32.3 Å². The van der Waals surface area contributed by atoms with E-state index < -0.39 is 0 Å². The predicted octanol–water partition coefficient (Wildman–Crippen LogP) is 4.33. The predicted molar refractivity (Wildman–Crippen MR) is 140 cm³/mol. The zero-order valence-corrected chi connectivity index (χ0v) is 20.6. The summed E-state index contributed by atoms with van der Waals surface area (Å²) in [5.74, 6) is 0.410. The highest BCUT2D eigenvalue weighted by Crippen LogP contribution is 2.33. The van der Waals surface area contributed by atoms with Gasteiger partial charge in [-0.05, 0) is 44.4 Å². The zero-order valence-electron chi connectivity index (χ0n) is 19.8. The Hall–Kier alpha value is -4.55. The van der Waals surface area contributed by atoms with Crippen molar-refractivity contribution in [2.45, 2.75) is 0 Å². The fraction of sp³-hybridized carbons (Fsp3) is 0.120. The van der Waals surface area contributed by atoms with Crippen LogP contribution in [0.4, 0.5) is 10.1 Å². The molecule has 0 bridgehead atoms. The molecule has 184 valence electrons. The molecule has 0 saturated heterocycles. The maximum Gasteiger partial charge on any atom is 0.238 e. The van der Waals surface area contributed by atoms with Gasteiger partial charge < -0.3 is 15.2 Å². The minimum Gasteiger partial charge on any atom is -0.336 e. The third-order valence-electron chi connectivity index (χ3n) is 5.66. The van der Waals surface area contributed by atoms with Crippen LogP contribution in [0.5, 0.6) is 0 Å². The van der Waals surface area contributed by atoms with E-state index >= 15 is 0 Å². The third kappa shape index (κ3) is 4.43. The first-order chi connectivity index (χ1) is 17.9. The molecule has 0 saturated carbocycles. The number of nitrogens with one attached hydrogen (secondary N) is 3. The first-order valence-corrected chi connectivity index (χ1v) is 12.1. The maximum absolute atomic E-state index is 13.6. The second-order valence-corrected chi connectivity index (χ2v) is 9.72. The summed E-state index contributed by atoms with van der Waals surface area (Å²) < 4.78 is 13.6. The number of fused-ring (bicyclic) bond motifs is 2. The molecule has 6 rings (SSSR count). The van der Waals surface area contributed by atoms with Crippen LogP contribution in [0, 0.1) is 5.13 Å². The molecule has 3 N–H and O–H groups in total. The van der Waals surface area contributed by atoms with Gasteiger partial charge in [0.2, 0.25) is 5.91 Å². The molecule has 1 amide bonds. The summed E-state index contributed by atoms with van der Waals surface area (Å²) in [6, 6.07) is 8.73. The summed E-state index contributed by atoms with van der Waals surface area (Å²) in [6.07, 6.45) is 6.70. The number of amides is 1. The first-order valence-electron chi connectivity index (χ1n) is 11.3. The Morgan fingerprint density at radius 2 is 1.95 bits per heavy atom. The molecule has 0 atom stereocenters. The van der Waals surface area contributed by atoms with Crippen molar-refractivity contribution in [1.29, 1.82) is 0 Å². The zero-order chi connectivity index (χ0) is 25.5. The highest BCUT2D eigenvalue weighted by atomic mass is 32.1. The fourth-order valence-corrected chi connectivity index (χ4v) is 4.79. The second kappa shape index (κ2) is 9.15. The molecule has 12 heteroatoms. The number of imidazole rings is 1. The van der Waals surface area contributed by atoms with Gasteiger partial charge in [-0.15, -0.1) is 11.3 Å². The lowest BCUT2D eigenvalue weighted by atomic mass is 10.1. The largest absolute Gasteiger partial charge is 0.336 e. The number of H-pyrrole nitrogens is 2. The van der Waals surface area contributed by atoms with Gasteiger partial charge >= 0.3 is 0 Å². The van der Waals surface area contributed by atoms with Crippen LogP contribution in [0.2, 0.25) is 0 Å². The molecule has 0 unspecified atom stereocenters. The molecular formula is C25H20FN9OS. The molecule has 0 aliphatic heterocycles. The Bertz CT molecular complexity index is 1770. The van der Waals surface area contributed by atoms with Gasteiger partial charge in [0.15, 0.2) is 16.6 Å². The van der Waals surface area contributed by atoms with Gasteiger partial charge in [0.05, 0.1) is 34.2 Å². The highest BCUT2D eigenvalue weighted by Gasteiger charge is 2.18. The van der Waals surface area contributed by atoms with Crippen molar-refractivity contribution in [3.05, 3.63) is 60.3 Å². The highest BCUT2D eigenvalue weighted by molar-refractivity contribution is 7.13.